The summed E-state index contributed by atoms with van der Waals surface area (Å²) in [4.78, 5) is 26.2. The number of carbonyl (C=O) groups excluding carboxylic acids is 2. The van der Waals surface area contributed by atoms with Crippen molar-refractivity contribution in [1.82, 2.24) is 4.90 Å². The van der Waals surface area contributed by atoms with Crippen LogP contribution in [0.4, 0.5) is 0 Å². The van der Waals surface area contributed by atoms with E-state index in [0.717, 1.165) is 25.0 Å². The lowest BCUT2D eigenvalue weighted by Gasteiger charge is -2.18. The fraction of sp³-hybridized carbons (Fsp3) is 0.353. The highest BCUT2D eigenvalue weighted by atomic mass is 32.2. The monoisotopic (exact) mass is 363 g/mol. The molecule has 0 aromatic heterocycles. The molecule has 2 fully saturated rings. The van der Waals surface area contributed by atoms with Crippen LogP contribution >= 0.6 is 24.0 Å². The van der Waals surface area contributed by atoms with E-state index in [-0.39, 0.29) is 18.0 Å². The first-order chi connectivity index (χ1) is 11.6. The quantitative estimate of drug-likeness (QED) is 0.466. The van der Waals surface area contributed by atoms with Gasteiger partial charge in [-0.2, -0.15) is 0 Å². The summed E-state index contributed by atoms with van der Waals surface area (Å²) in [6.45, 7) is 1.27. The molecule has 1 aromatic rings. The number of nitrogens with zero attached hydrogens (tertiary/aromatic N) is 1. The molecule has 3 rings (SSSR count). The van der Waals surface area contributed by atoms with Crippen molar-refractivity contribution in [1.29, 1.82) is 0 Å². The van der Waals surface area contributed by atoms with Crippen molar-refractivity contribution < 1.29 is 19.1 Å². The number of ether oxygens (including phenoxy) is 2. The molecule has 2 aliphatic rings. The van der Waals surface area contributed by atoms with E-state index in [2.05, 4.69) is 4.74 Å². The molecule has 0 aliphatic carbocycles. The number of amides is 1. The SMILES string of the molecule is COC(=O)c1ccc(/C=C2/SC(=S)N(CC3CCCO3)C2=O)cc1. The Morgan fingerprint density at radius 2 is 2.21 bits per heavy atom. The number of hydrogen-bond acceptors (Lipinski definition) is 6. The summed E-state index contributed by atoms with van der Waals surface area (Å²) < 4.78 is 10.8. The number of methoxy groups -OCH3 is 1. The second kappa shape index (κ2) is 7.46. The van der Waals surface area contributed by atoms with Gasteiger partial charge in [0.1, 0.15) is 4.32 Å². The smallest absolute Gasteiger partial charge is 0.337 e. The average molecular weight is 363 g/mol. The van der Waals surface area contributed by atoms with Gasteiger partial charge in [0.25, 0.3) is 5.91 Å². The fourth-order valence-corrected chi connectivity index (χ4v) is 3.91. The minimum absolute atomic E-state index is 0.0752. The van der Waals surface area contributed by atoms with Crippen molar-refractivity contribution in [2.75, 3.05) is 20.3 Å². The summed E-state index contributed by atoms with van der Waals surface area (Å²) in [5.74, 6) is -0.470. The molecular weight excluding hydrogens is 346 g/mol. The molecule has 0 spiro atoms. The average Bonchev–Trinajstić information content (AvgIpc) is 3.19. The zero-order valence-corrected chi connectivity index (χ0v) is 14.8. The Kier molecular flexibility index (Phi) is 5.33. The molecule has 1 atom stereocenters. The van der Waals surface area contributed by atoms with Crippen molar-refractivity contribution in [3.05, 3.63) is 40.3 Å². The molecule has 2 aliphatic heterocycles. The van der Waals surface area contributed by atoms with Gasteiger partial charge in [0, 0.05) is 6.61 Å². The first-order valence-electron chi connectivity index (χ1n) is 7.64. The Bertz CT molecular complexity index is 693. The number of hydrogen-bond donors (Lipinski definition) is 0. The summed E-state index contributed by atoms with van der Waals surface area (Å²) in [6, 6.07) is 6.90. The molecule has 1 aromatic carbocycles. The highest BCUT2D eigenvalue weighted by molar-refractivity contribution is 8.26. The van der Waals surface area contributed by atoms with Crippen LogP contribution in [-0.2, 0) is 14.3 Å². The number of rotatable bonds is 4. The summed E-state index contributed by atoms with van der Waals surface area (Å²) in [6.07, 6.45) is 3.86. The van der Waals surface area contributed by atoms with Crippen LogP contribution in [0.5, 0.6) is 0 Å². The maximum absolute atomic E-state index is 12.5. The van der Waals surface area contributed by atoms with Crippen LogP contribution in [0.3, 0.4) is 0 Å². The van der Waals surface area contributed by atoms with Gasteiger partial charge in [-0.3, -0.25) is 9.69 Å². The Hall–Kier alpha value is -1.70. The van der Waals surface area contributed by atoms with Crippen LogP contribution in [0.1, 0.15) is 28.8 Å². The molecule has 7 heteroatoms. The van der Waals surface area contributed by atoms with Gasteiger partial charge in [-0.25, -0.2) is 4.79 Å². The van der Waals surface area contributed by atoms with Crippen molar-refractivity contribution in [3.8, 4) is 0 Å². The summed E-state index contributed by atoms with van der Waals surface area (Å²) in [5, 5.41) is 0. The van der Waals surface area contributed by atoms with Crippen molar-refractivity contribution in [2.24, 2.45) is 0 Å². The topological polar surface area (TPSA) is 55.8 Å². The Labute approximate surface area is 150 Å². The summed E-state index contributed by atoms with van der Waals surface area (Å²) >= 11 is 6.62. The lowest BCUT2D eigenvalue weighted by atomic mass is 10.1. The molecule has 126 valence electrons. The zero-order valence-electron chi connectivity index (χ0n) is 13.2. The van der Waals surface area contributed by atoms with Gasteiger partial charge in [0.15, 0.2) is 0 Å². The summed E-state index contributed by atoms with van der Waals surface area (Å²) in [7, 11) is 1.34. The van der Waals surface area contributed by atoms with E-state index >= 15 is 0 Å². The second-order valence-corrected chi connectivity index (χ2v) is 7.22. The minimum Gasteiger partial charge on any atom is -0.465 e. The van der Waals surface area contributed by atoms with E-state index in [9.17, 15) is 9.59 Å². The van der Waals surface area contributed by atoms with E-state index < -0.39 is 0 Å². The van der Waals surface area contributed by atoms with E-state index in [0.29, 0.717) is 21.3 Å². The van der Waals surface area contributed by atoms with Gasteiger partial charge in [-0.1, -0.05) is 36.1 Å². The van der Waals surface area contributed by atoms with Gasteiger partial charge in [0.05, 0.1) is 30.2 Å². The van der Waals surface area contributed by atoms with Crippen LogP contribution in [0, 0.1) is 0 Å². The first kappa shape index (κ1) is 17.1. The lowest BCUT2D eigenvalue weighted by molar-refractivity contribution is -0.123. The second-order valence-electron chi connectivity index (χ2n) is 5.54. The molecule has 5 nitrogen and oxygen atoms in total. The predicted molar refractivity (Wildman–Crippen MR) is 96.6 cm³/mol. The van der Waals surface area contributed by atoms with Gasteiger partial charge >= 0.3 is 5.97 Å². The molecule has 0 saturated carbocycles. The van der Waals surface area contributed by atoms with Gasteiger partial charge < -0.3 is 9.47 Å². The van der Waals surface area contributed by atoms with Crippen molar-refractivity contribution >= 4 is 46.3 Å². The molecule has 2 saturated heterocycles. The number of thioether (sulfide) groups is 1. The molecule has 0 N–H and O–H groups in total. The van der Waals surface area contributed by atoms with E-state index in [1.165, 1.54) is 18.9 Å². The van der Waals surface area contributed by atoms with Crippen LogP contribution < -0.4 is 0 Å². The molecule has 1 unspecified atom stereocenters. The fourth-order valence-electron chi connectivity index (χ4n) is 2.63. The highest BCUT2D eigenvalue weighted by Gasteiger charge is 2.34. The maximum atomic E-state index is 12.5. The molecule has 24 heavy (non-hydrogen) atoms. The maximum Gasteiger partial charge on any atom is 0.337 e. The lowest BCUT2D eigenvalue weighted by Crippen LogP contribution is -2.35. The molecule has 1 amide bonds. The van der Waals surface area contributed by atoms with E-state index in [4.69, 9.17) is 17.0 Å². The first-order valence-corrected chi connectivity index (χ1v) is 8.86. The largest absolute Gasteiger partial charge is 0.465 e. The standard InChI is InChI=1S/C17H17NO4S2/c1-21-16(20)12-6-4-11(5-7-12)9-14-15(19)18(17(23)24-14)10-13-3-2-8-22-13/h4-7,9,13H,2-3,8,10H2,1H3/b14-9+. The van der Waals surface area contributed by atoms with Gasteiger partial charge in [-0.05, 0) is 36.6 Å². The normalized spacial score (nSPS) is 22.5. The number of benzene rings is 1. The molecule has 0 bridgehead atoms. The van der Waals surface area contributed by atoms with E-state index in [1.807, 2.05) is 0 Å². The number of esters is 1. The van der Waals surface area contributed by atoms with Crippen molar-refractivity contribution in [3.63, 3.8) is 0 Å². The number of thiocarbonyl (C=S) groups is 1. The third-order valence-corrected chi connectivity index (χ3v) is 5.29. The van der Waals surface area contributed by atoms with Gasteiger partial charge in [0.2, 0.25) is 0 Å². The zero-order chi connectivity index (χ0) is 17.1. The Morgan fingerprint density at radius 3 is 2.83 bits per heavy atom. The predicted octanol–water partition coefficient (Wildman–Crippen LogP) is 2.85. The van der Waals surface area contributed by atoms with Crippen LogP contribution in [-0.4, -0.2) is 47.5 Å². The third-order valence-electron chi connectivity index (χ3n) is 3.91. The van der Waals surface area contributed by atoms with Gasteiger partial charge in [-0.15, -0.1) is 0 Å². The highest BCUT2D eigenvalue weighted by Crippen LogP contribution is 2.33. The summed E-state index contributed by atoms with van der Waals surface area (Å²) in [5.41, 5.74) is 1.31. The molecular formula is C17H17NO4S2. The molecule has 0 radical (unpaired) electrons. The van der Waals surface area contributed by atoms with Crippen LogP contribution in [0.2, 0.25) is 0 Å². The Morgan fingerprint density at radius 1 is 1.46 bits per heavy atom. The molecule has 2 heterocycles. The Balaban J connectivity index is 1.72. The van der Waals surface area contributed by atoms with Crippen LogP contribution in [0.25, 0.3) is 6.08 Å². The van der Waals surface area contributed by atoms with Crippen molar-refractivity contribution in [2.45, 2.75) is 18.9 Å². The minimum atomic E-state index is -0.385. The van der Waals surface area contributed by atoms with E-state index in [1.54, 1.807) is 35.2 Å². The number of carbonyl (C=O) groups is 2. The van der Waals surface area contributed by atoms with Crippen LogP contribution in [0.15, 0.2) is 29.2 Å². The third kappa shape index (κ3) is 3.68.